The fraction of sp³-hybridized carbons (Fsp3) is 0.0435. The van der Waals surface area contributed by atoms with E-state index in [0.717, 1.165) is 16.8 Å². The van der Waals surface area contributed by atoms with Crippen molar-refractivity contribution in [3.8, 4) is 16.8 Å². The Morgan fingerprint density at radius 2 is 1.45 bits per heavy atom. The summed E-state index contributed by atoms with van der Waals surface area (Å²) in [5.41, 5.74) is 3.73. The molecule has 0 amide bonds. The van der Waals surface area contributed by atoms with E-state index in [0.29, 0.717) is 11.1 Å². The summed E-state index contributed by atoms with van der Waals surface area (Å²) in [6.45, 7) is -0.311. The fourth-order valence-electron chi connectivity index (χ4n) is 2.87. The van der Waals surface area contributed by atoms with Gasteiger partial charge >= 0.3 is 5.97 Å². The molecule has 0 aliphatic carbocycles. The number of Topliss-reactive ketones (excluding diaryl/α,β-unsaturated/α-hetero) is 1. The molecular weight excluding hydrogens is 366 g/mol. The summed E-state index contributed by atoms with van der Waals surface area (Å²) < 4.78 is 6.75. The lowest BCUT2D eigenvalue weighted by Crippen LogP contribution is -2.14. The van der Waals surface area contributed by atoms with Gasteiger partial charge in [-0.15, -0.1) is 0 Å². The normalized spacial score (nSPS) is 10.5. The first-order valence-corrected chi connectivity index (χ1v) is 9.01. The average molecular weight is 383 g/mol. The van der Waals surface area contributed by atoms with Crippen LogP contribution in [0.3, 0.4) is 0 Å². The second-order valence-corrected chi connectivity index (χ2v) is 6.33. The average Bonchev–Trinajstić information content (AvgIpc) is 3.33. The minimum absolute atomic E-state index is 0.253. The molecule has 0 aliphatic rings. The maximum absolute atomic E-state index is 12.3. The first-order valence-electron chi connectivity index (χ1n) is 9.01. The largest absolute Gasteiger partial charge is 0.454 e. The SMILES string of the molecule is O=C(COC(=O)c1ccc(-n2cncn2)cc1)c1ccc(-c2ccccc2)cc1. The van der Waals surface area contributed by atoms with Gasteiger partial charge in [-0.3, -0.25) is 4.79 Å². The molecular formula is C23H17N3O3. The topological polar surface area (TPSA) is 74.1 Å². The molecule has 0 N–H and O–H groups in total. The third-order valence-electron chi connectivity index (χ3n) is 4.43. The zero-order chi connectivity index (χ0) is 20.1. The lowest BCUT2D eigenvalue weighted by atomic mass is 10.0. The molecule has 1 heterocycles. The number of rotatable bonds is 6. The van der Waals surface area contributed by atoms with E-state index in [1.54, 1.807) is 47.4 Å². The highest BCUT2D eigenvalue weighted by Crippen LogP contribution is 2.19. The Balaban J connectivity index is 1.36. The number of nitrogens with zero attached hydrogens (tertiary/aromatic N) is 3. The predicted octanol–water partition coefficient (Wildman–Crippen LogP) is 3.97. The van der Waals surface area contributed by atoms with Gasteiger partial charge in [0.1, 0.15) is 12.7 Å². The molecule has 6 heteroatoms. The number of carbonyl (C=O) groups is 2. The van der Waals surface area contributed by atoms with Crippen molar-refractivity contribution in [2.45, 2.75) is 0 Å². The highest BCUT2D eigenvalue weighted by molar-refractivity contribution is 5.99. The summed E-state index contributed by atoms with van der Waals surface area (Å²) in [4.78, 5) is 28.4. The van der Waals surface area contributed by atoms with Crippen LogP contribution < -0.4 is 0 Å². The van der Waals surface area contributed by atoms with Crippen LogP contribution in [0.25, 0.3) is 16.8 Å². The Morgan fingerprint density at radius 3 is 2.10 bits per heavy atom. The summed E-state index contributed by atoms with van der Waals surface area (Å²) in [5, 5.41) is 4.02. The van der Waals surface area contributed by atoms with Crippen molar-refractivity contribution in [3.63, 3.8) is 0 Å². The molecule has 0 saturated heterocycles. The minimum atomic E-state index is -0.551. The molecule has 0 unspecified atom stereocenters. The van der Waals surface area contributed by atoms with E-state index >= 15 is 0 Å². The van der Waals surface area contributed by atoms with Crippen LogP contribution in [0.15, 0.2) is 91.5 Å². The highest BCUT2D eigenvalue weighted by atomic mass is 16.5. The zero-order valence-corrected chi connectivity index (χ0v) is 15.4. The number of ketones is 1. The van der Waals surface area contributed by atoms with Crippen LogP contribution in [0, 0.1) is 0 Å². The first kappa shape index (κ1) is 18.3. The second kappa shape index (κ2) is 8.31. The molecule has 3 aromatic carbocycles. The van der Waals surface area contributed by atoms with Crippen molar-refractivity contribution in [2.24, 2.45) is 0 Å². The fourth-order valence-corrected chi connectivity index (χ4v) is 2.87. The summed E-state index contributed by atoms with van der Waals surface area (Å²) in [6, 6.07) is 23.9. The third-order valence-corrected chi connectivity index (χ3v) is 4.43. The third kappa shape index (κ3) is 4.27. The molecule has 1 aromatic heterocycles. The molecule has 0 bridgehead atoms. The Morgan fingerprint density at radius 1 is 0.793 bits per heavy atom. The van der Waals surface area contributed by atoms with Gasteiger partial charge in [0.05, 0.1) is 11.3 Å². The van der Waals surface area contributed by atoms with E-state index in [9.17, 15) is 9.59 Å². The maximum Gasteiger partial charge on any atom is 0.338 e. The van der Waals surface area contributed by atoms with Gasteiger partial charge in [-0.25, -0.2) is 14.5 Å². The molecule has 0 atom stereocenters. The summed E-state index contributed by atoms with van der Waals surface area (Å²) in [6.07, 6.45) is 3.00. The van der Waals surface area contributed by atoms with Crippen LogP contribution in [0.1, 0.15) is 20.7 Å². The van der Waals surface area contributed by atoms with Crippen LogP contribution in [-0.4, -0.2) is 33.1 Å². The summed E-state index contributed by atoms with van der Waals surface area (Å²) in [7, 11) is 0. The van der Waals surface area contributed by atoms with E-state index in [-0.39, 0.29) is 12.4 Å². The Kier molecular flexibility index (Phi) is 5.25. The predicted molar refractivity (Wildman–Crippen MR) is 108 cm³/mol. The number of aromatic nitrogens is 3. The van der Waals surface area contributed by atoms with Gasteiger partial charge < -0.3 is 4.74 Å². The molecule has 0 fully saturated rings. The number of benzene rings is 3. The number of esters is 1. The molecule has 29 heavy (non-hydrogen) atoms. The smallest absolute Gasteiger partial charge is 0.338 e. The van der Waals surface area contributed by atoms with E-state index in [1.807, 2.05) is 42.5 Å². The highest BCUT2D eigenvalue weighted by Gasteiger charge is 2.12. The molecule has 142 valence electrons. The maximum atomic E-state index is 12.3. The van der Waals surface area contributed by atoms with Crippen molar-refractivity contribution >= 4 is 11.8 Å². The van der Waals surface area contributed by atoms with Crippen LogP contribution in [0.5, 0.6) is 0 Å². The Bertz CT molecular complexity index is 1100. The molecule has 0 radical (unpaired) electrons. The van der Waals surface area contributed by atoms with Crippen molar-refractivity contribution < 1.29 is 14.3 Å². The van der Waals surface area contributed by atoms with Gasteiger partial charge in [0.2, 0.25) is 0 Å². The van der Waals surface area contributed by atoms with Crippen LogP contribution in [-0.2, 0) is 4.74 Å². The van der Waals surface area contributed by atoms with Gasteiger partial charge in [0, 0.05) is 5.56 Å². The lowest BCUT2D eigenvalue weighted by molar-refractivity contribution is 0.0475. The van der Waals surface area contributed by atoms with Crippen LogP contribution in [0.2, 0.25) is 0 Å². The standard InChI is InChI=1S/C23H17N3O3/c27-22(19-8-6-18(7-9-19)17-4-2-1-3-5-17)14-29-23(28)20-10-12-21(13-11-20)26-16-24-15-25-26/h1-13,15-16H,14H2. The molecule has 0 saturated carbocycles. The van der Waals surface area contributed by atoms with E-state index in [1.165, 1.54) is 6.33 Å². The van der Waals surface area contributed by atoms with E-state index in [2.05, 4.69) is 10.1 Å². The molecule has 4 aromatic rings. The first-order chi connectivity index (χ1) is 14.2. The number of hydrogen-bond acceptors (Lipinski definition) is 5. The van der Waals surface area contributed by atoms with Crippen molar-refractivity contribution in [1.82, 2.24) is 14.8 Å². The number of carbonyl (C=O) groups excluding carboxylic acids is 2. The van der Waals surface area contributed by atoms with Gasteiger partial charge in [0.15, 0.2) is 12.4 Å². The Hall–Kier alpha value is -4.06. The van der Waals surface area contributed by atoms with E-state index in [4.69, 9.17) is 4.74 Å². The summed E-state index contributed by atoms with van der Waals surface area (Å²) in [5.74, 6) is -0.804. The lowest BCUT2D eigenvalue weighted by Gasteiger charge is -2.07. The van der Waals surface area contributed by atoms with E-state index < -0.39 is 5.97 Å². The van der Waals surface area contributed by atoms with Gasteiger partial charge in [-0.05, 0) is 35.4 Å². The van der Waals surface area contributed by atoms with Crippen molar-refractivity contribution in [1.29, 1.82) is 0 Å². The van der Waals surface area contributed by atoms with Crippen molar-refractivity contribution in [3.05, 3.63) is 103 Å². The quantitative estimate of drug-likeness (QED) is 0.372. The van der Waals surface area contributed by atoms with Gasteiger partial charge in [0.25, 0.3) is 0 Å². The second-order valence-electron chi connectivity index (χ2n) is 6.33. The number of ether oxygens (including phenoxy) is 1. The number of hydrogen-bond donors (Lipinski definition) is 0. The molecule has 0 aliphatic heterocycles. The van der Waals surface area contributed by atoms with Gasteiger partial charge in [-0.1, -0.05) is 54.6 Å². The molecule has 0 spiro atoms. The molecule has 4 rings (SSSR count). The minimum Gasteiger partial charge on any atom is -0.454 e. The molecule has 6 nitrogen and oxygen atoms in total. The Labute approximate surface area is 167 Å². The van der Waals surface area contributed by atoms with Gasteiger partial charge in [-0.2, -0.15) is 5.10 Å². The van der Waals surface area contributed by atoms with Crippen molar-refractivity contribution in [2.75, 3.05) is 6.61 Å². The van der Waals surface area contributed by atoms with Crippen LogP contribution in [0.4, 0.5) is 0 Å². The van der Waals surface area contributed by atoms with Crippen LogP contribution >= 0.6 is 0 Å². The summed E-state index contributed by atoms with van der Waals surface area (Å²) >= 11 is 0. The zero-order valence-electron chi connectivity index (χ0n) is 15.4. The monoisotopic (exact) mass is 383 g/mol.